The molecule has 2 aromatic rings. The van der Waals surface area contributed by atoms with Crippen LogP contribution in [0.4, 0.5) is 5.69 Å². The van der Waals surface area contributed by atoms with Gasteiger partial charge in [0.2, 0.25) is 5.91 Å². The molecule has 0 aliphatic heterocycles. The van der Waals surface area contributed by atoms with Gasteiger partial charge in [-0.05, 0) is 42.7 Å². The zero-order chi connectivity index (χ0) is 18.1. The number of hydrogen-bond donors (Lipinski definition) is 2. The summed E-state index contributed by atoms with van der Waals surface area (Å²) in [5, 5.41) is 5.68. The van der Waals surface area contributed by atoms with Gasteiger partial charge in [-0.2, -0.15) is 0 Å². The summed E-state index contributed by atoms with van der Waals surface area (Å²) in [5.41, 5.74) is 3.21. The van der Waals surface area contributed by atoms with Crippen LogP contribution in [0.25, 0.3) is 0 Å². The van der Waals surface area contributed by atoms with Crippen molar-refractivity contribution in [3.8, 4) is 0 Å². The first kappa shape index (κ1) is 18.7. The molecule has 5 nitrogen and oxygen atoms in total. The van der Waals surface area contributed by atoms with Crippen molar-refractivity contribution in [2.45, 2.75) is 19.8 Å². The Bertz CT molecular complexity index is 728. The standard InChI is InChI=1S/C20H24N2O3/c1-15-7-3-4-8-16(15)14-19(23)22-18-10-5-9-17(13-18)20(24)21-11-6-12-25-2/h3-5,7-10,13H,6,11-12,14H2,1-2H3,(H,21,24)(H,22,23). The van der Waals surface area contributed by atoms with Crippen molar-refractivity contribution in [2.24, 2.45) is 0 Å². The minimum absolute atomic E-state index is 0.105. The zero-order valence-corrected chi connectivity index (χ0v) is 14.7. The van der Waals surface area contributed by atoms with E-state index in [0.717, 1.165) is 17.5 Å². The number of ether oxygens (including phenoxy) is 1. The van der Waals surface area contributed by atoms with E-state index in [4.69, 9.17) is 4.74 Å². The van der Waals surface area contributed by atoms with Gasteiger partial charge in [-0.15, -0.1) is 0 Å². The predicted octanol–water partition coefficient (Wildman–Crippen LogP) is 2.94. The number of aryl methyl sites for hydroxylation is 1. The Hall–Kier alpha value is -2.66. The molecule has 0 aliphatic rings. The number of amides is 2. The highest BCUT2D eigenvalue weighted by Crippen LogP contribution is 2.13. The summed E-state index contributed by atoms with van der Waals surface area (Å²) in [6, 6.07) is 14.7. The highest BCUT2D eigenvalue weighted by atomic mass is 16.5. The first-order valence-electron chi connectivity index (χ1n) is 8.31. The smallest absolute Gasteiger partial charge is 0.251 e. The van der Waals surface area contributed by atoms with E-state index in [-0.39, 0.29) is 11.8 Å². The third-order valence-corrected chi connectivity index (χ3v) is 3.83. The molecule has 0 fully saturated rings. The molecule has 0 radical (unpaired) electrons. The Labute approximate surface area is 148 Å². The molecular formula is C20H24N2O3. The maximum atomic E-state index is 12.2. The fraction of sp³-hybridized carbons (Fsp3) is 0.300. The van der Waals surface area contributed by atoms with Crippen LogP contribution in [0, 0.1) is 6.92 Å². The number of nitrogens with one attached hydrogen (secondary N) is 2. The Morgan fingerprint density at radius 1 is 1.08 bits per heavy atom. The second-order valence-electron chi connectivity index (χ2n) is 5.83. The largest absolute Gasteiger partial charge is 0.385 e. The van der Waals surface area contributed by atoms with E-state index in [1.807, 2.05) is 31.2 Å². The van der Waals surface area contributed by atoms with Crippen molar-refractivity contribution in [3.63, 3.8) is 0 Å². The SMILES string of the molecule is COCCCNC(=O)c1cccc(NC(=O)Cc2ccccc2C)c1. The van der Waals surface area contributed by atoms with Gasteiger partial charge in [0, 0.05) is 31.5 Å². The maximum absolute atomic E-state index is 12.2. The highest BCUT2D eigenvalue weighted by molar-refractivity contribution is 5.97. The third-order valence-electron chi connectivity index (χ3n) is 3.83. The number of anilines is 1. The van der Waals surface area contributed by atoms with E-state index in [1.165, 1.54) is 0 Å². The van der Waals surface area contributed by atoms with Gasteiger partial charge in [0.1, 0.15) is 0 Å². The van der Waals surface area contributed by atoms with Crippen LogP contribution in [0.15, 0.2) is 48.5 Å². The van der Waals surface area contributed by atoms with Gasteiger partial charge in [0.05, 0.1) is 6.42 Å². The summed E-state index contributed by atoms with van der Waals surface area (Å²) in [6.07, 6.45) is 1.06. The Balaban J connectivity index is 1.93. The van der Waals surface area contributed by atoms with E-state index in [0.29, 0.717) is 30.8 Å². The van der Waals surface area contributed by atoms with Crippen LogP contribution in [0.5, 0.6) is 0 Å². The quantitative estimate of drug-likeness (QED) is 0.726. The van der Waals surface area contributed by atoms with Crippen LogP contribution in [0.3, 0.4) is 0 Å². The molecular weight excluding hydrogens is 316 g/mol. The summed E-state index contributed by atoms with van der Waals surface area (Å²) in [5.74, 6) is -0.266. The minimum Gasteiger partial charge on any atom is -0.385 e. The van der Waals surface area contributed by atoms with Crippen molar-refractivity contribution in [1.82, 2.24) is 5.32 Å². The van der Waals surface area contributed by atoms with Crippen molar-refractivity contribution >= 4 is 17.5 Å². The molecule has 0 heterocycles. The van der Waals surface area contributed by atoms with Gasteiger partial charge >= 0.3 is 0 Å². The number of carbonyl (C=O) groups is 2. The molecule has 132 valence electrons. The molecule has 0 spiro atoms. The van der Waals surface area contributed by atoms with E-state index < -0.39 is 0 Å². The third kappa shape index (κ3) is 6.04. The Morgan fingerprint density at radius 3 is 2.64 bits per heavy atom. The van der Waals surface area contributed by atoms with Gasteiger partial charge in [0.15, 0.2) is 0 Å². The molecule has 5 heteroatoms. The molecule has 0 aliphatic carbocycles. The molecule has 0 saturated carbocycles. The number of benzene rings is 2. The van der Waals surface area contributed by atoms with E-state index in [2.05, 4.69) is 10.6 Å². The van der Waals surface area contributed by atoms with Gasteiger partial charge in [-0.3, -0.25) is 9.59 Å². The summed E-state index contributed by atoms with van der Waals surface area (Å²) in [6.45, 7) is 3.14. The summed E-state index contributed by atoms with van der Waals surface area (Å²) in [4.78, 5) is 24.4. The molecule has 25 heavy (non-hydrogen) atoms. The van der Waals surface area contributed by atoms with E-state index in [1.54, 1.807) is 31.4 Å². The van der Waals surface area contributed by atoms with Gasteiger partial charge < -0.3 is 15.4 Å². The normalized spacial score (nSPS) is 10.3. The van der Waals surface area contributed by atoms with Crippen LogP contribution < -0.4 is 10.6 Å². The number of methoxy groups -OCH3 is 1. The van der Waals surface area contributed by atoms with Crippen molar-refractivity contribution < 1.29 is 14.3 Å². The van der Waals surface area contributed by atoms with E-state index in [9.17, 15) is 9.59 Å². The summed E-state index contributed by atoms with van der Waals surface area (Å²) >= 11 is 0. The lowest BCUT2D eigenvalue weighted by atomic mass is 10.1. The van der Waals surface area contributed by atoms with Gasteiger partial charge in [0.25, 0.3) is 5.91 Å². The fourth-order valence-electron chi connectivity index (χ4n) is 2.45. The molecule has 0 saturated heterocycles. The first-order chi connectivity index (χ1) is 12.1. The van der Waals surface area contributed by atoms with Crippen molar-refractivity contribution in [3.05, 3.63) is 65.2 Å². The lowest BCUT2D eigenvalue weighted by Crippen LogP contribution is -2.25. The highest BCUT2D eigenvalue weighted by Gasteiger charge is 2.09. The van der Waals surface area contributed by atoms with Crippen molar-refractivity contribution in [2.75, 3.05) is 25.6 Å². The van der Waals surface area contributed by atoms with E-state index >= 15 is 0 Å². The topological polar surface area (TPSA) is 67.4 Å². The second kappa shape index (κ2) is 9.59. The minimum atomic E-state index is -0.161. The second-order valence-corrected chi connectivity index (χ2v) is 5.83. The number of rotatable bonds is 8. The van der Waals surface area contributed by atoms with Crippen LogP contribution in [-0.2, 0) is 16.0 Å². The molecule has 2 N–H and O–H groups in total. The molecule has 0 unspecified atom stereocenters. The average Bonchev–Trinajstić information content (AvgIpc) is 2.61. The molecule has 2 aromatic carbocycles. The monoisotopic (exact) mass is 340 g/mol. The maximum Gasteiger partial charge on any atom is 0.251 e. The van der Waals surface area contributed by atoms with Crippen LogP contribution >= 0.6 is 0 Å². The first-order valence-corrected chi connectivity index (χ1v) is 8.31. The number of carbonyl (C=O) groups excluding carboxylic acids is 2. The fourth-order valence-corrected chi connectivity index (χ4v) is 2.45. The van der Waals surface area contributed by atoms with Gasteiger partial charge in [-0.25, -0.2) is 0 Å². The van der Waals surface area contributed by atoms with Gasteiger partial charge in [-0.1, -0.05) is 30.3 Å². The summed E-state index contributed by atoms with van der Waals surface area (Å²) in [7, 11) is 1.63. The average molecular weight is 340 g/mol. The molecule has 2 amide bonds. The summed E-state index contributed by atoms with van der Waals surface area (Å²) < 4.78 is 4.95. The van der Waals surface area contributed by atoms with Crippen LogP contribution in [-0.4, -0.2) is 32.1 Å². The van der Waals surface area contributed by atoms with Crippen LogP contribution in [0.1, 0.15) is 27.9 Å². The lowest BCUT2D eigenvalue weighted by molar-refractivity contribution is -0.115. The van der Waals surface area contributed by atoms with Crippen LogP contribution in [0.2, 0.25) is 0 Å². The molecule has 2 rings (SSSR count). The molecule has 0 atom stereocenters. The molecule has 0 bridgehead atoms. The number of hydrogen-bond acceptors (Lipinski definition) is 3. The van der Waals surface area contributed by atoms with Crippen molar-refractivity contribution in [1.29, 1.82) is 0 Å². The molecule has 0 aromatic heterocycles. The Kier molecular flexibility index (Phi) is 7.16. The zero-order valence-electron chi connectivity index (χ0n) is 14.7. The lowest BCUT2D eigenvalue weighted by Gasteiger charge is -2.09. The predicted molar refractivity (Wildman–Crippen MR) is 98.8 cm³/mol. The Morgan fingerprint density at radius 2 is 1.88 bits per heavy atom.